The number of hydrogen-bond acceptors (Lipinski definition) is 2. The lowest BCUT2D eigenvalue weighted by molar-refractivity contribution is -0.161. The largest absolute Gasteiger partial charge is 0.457 e. The summed E-state index contributed by atoms with van der Waals surface area (Å²) >= 11 is 0. The number of carbonyl (C=O) groups excluding carboxylic acids is 1. The first kappa shape index (κ1) is 19.0. The highest BCUT2D eigenvalue weighted by molar-refractivity contribution is 5.73. The zero-order valence-corrected chi connectivity index (χ0v) is 15.6. The molecule has 0 aliphatic carbocycles. The lowest BCUT2D eigenvalue weighted by Crippen LogP contribution is -2.26. The van der Waals surface area contributed by atoms with E-state index in [1.54, 1.807) is 0 Å². The predicted octanol–water partition coefficient (Wildman–Crippen LogP) is 6.38. The first-order chi connectivity index (χ1) is 11.7. The first-order valence-electron chi connectivity index (χ1n) is 10.0. The van der Waals surface area contributed by atoms with Crippen LogP contribution in [0.3, 0.4) is 0 Å². The number of aryl methyl sites for hydroxylation is 1. The summed E-state index contributed by atoms with van der Waals surface area (Å²) in [6.07, 6.45) is 12.8. The Morgan fingerprint density at radius 2 is 1.62 bits per heavy atom. The number of unbranched alkanes of at least 4 members (excludes halogenated alkanes) is 5. The summed E-state index contributed by atoms with van der Waals surface area (Å²) in [7, 11) is 0. The molecule has 2 atom stereocenters. The normalized spacial score (nSPS) is 20.8. The minimum atomic E-state index is -0.0333. The lowest BCUT2D eigenvalue weighted by Gasteiger charge is -2.28. The molecular formula is C22H34O2. The fourth-order valence-electron chi connectivity index (χ4n) is 3.54. The van der Waals surface area contributed by atoms with E-state index >= 15 is 0 Å². The van der Waals surface area contributed by atoms with E-state index in [4.69, 9.17) is 4.74 Å². The van der Waals surface area contributed by atoms with Gasteiger partial charge in [0, 0.05) is 0 Å². The molecule has 1 aliphatic heterocycles. The van der Waals surface area contributed by atoms with Crippen LogP contribution in [0.4, 0.5) is 0 Å². The van der Waals surface area contributed by atoms with Crippen molar-refractivity contribution in [3.05, 3.63) is 35.4 Å². The molecule has 0 N–H and O–H groups in total. The van der Waals surface area contributed by atoms with Crippen molar-refractivity contribution >= 4 is 5.97 Å². The quantitative estimate of drug-likeness (QED) is 0.367. The van der Waals surface area contributed by atoms with Gasteiger partial charge in [0.2, 0.25) is 0 Å². The van der Waals surface area contributed by atoms with Crippen LogP contribution in [0.15, 0.2) is 24.3 Å². The summed E-state index contributed by atoms with van der Waals surface area (Å²) < 4.78 is 5.75. The van der Waals surface area contributed by atoms with E-state index in [1.807, 2.05) is 0 Å². The highest BCUT2D eigenvalue weighted by atomic mass is 16.5. The average Bonchev–Trinajstić information content (AvgIpc) is 2.61. The van der Waals surface area contributed by atoms with Crippen LogP contribution in [0.5, 0.6) is 0 Å². The molecular weight excluding hydrogens is 296 g/mol. The Morgan fingerprint density at radius 3 is 2.29 bits per heavy atom. The van der Waals surface area contributed by atoms with Crippen LogP contribution in [-0.2, 0) is 16.0 Å². The van der Waals surface area contributed by atoms with Crippen molar-refractivity contribution < 1.29 is 9.53 Å². The van der Waals surface area contributed by atoms with Gasteiger partial charge < -0.3 is 4.74 Å². The third-order valence-electron chi connectivity index (χ3n) is 5.20. The summed E-state index contributed by atoms with van der Waals surface area (Å²) in [5, 5.41) is 0. The van der Waals surface area contributed by atoms with E-state index in [-0.39, 0.29) is 18.0 Å². The van der Waals surface area contributed by atoms with Gasteiger partial charge in [-0.25, -0.2) is 0 Å². The van der Waals surface area contributed by atoms with Gasteiger partial charge in [0.15, 0.2) is 0 Å². The van der Waals surface area contributed by atoms with Crippen molar-refractivity contribution in [1.82, 2.24) is 0 Å². The Hall–Kier alpha value is -1.31. The molecule has 1 fully saturated rings. The number of ether oxygens (including phenoxy) is 1. The minimum Gasteiger partial charge on any atom is -0.457 e. The molecule has 24 heavy (non-hydrogen) atoms. The zero-order valence-electron chi connectivity index (χ0n) is 15.6. The van der Waals surface area contributed by atoms with E-state index < -0.39 is 0 Å². The molecule has 0 saturated carbocycles. The fraction of sp³-hybridized carbons (Fsp3) is 0.682. The van der Waals surface area contributed by atoms with Crippen LogP contribution in [0.1, 0.15) is 95.3 Å². The monoisotopic (exact) mass is 330 g/mol. The number of esters is 1. The smallest absolute Gasteiger partial charge is 0.309 e. The third kappa shape index (κ3) is 5.96. The van der Waals surface area contributed by atoms with Crippen molar-refractivity contribution in [2.24, 2.45) is 5.92 Å². The van der Waals surface area contributed by atoms with Crippen LogP contribution >= 0.6 is 0 Å². The van der Waals surface area contributed by atoms with Crippen LogP contribution < -0.4 is 0 Å². The van der Waals surface area contributed by atoms with Crippen LogP contribution in [0.2, 0.25) is 0 Å². The number of hydrogen-bond donors (Lipinski definition) is 0. The van der Waals surface area contributed by atoms with Crippen molar-refractivity contribution in [2.45, 2.75) is 90.6 Å². The molecule has 2 unspecified atom stereocenters. The topological polar surface area (TPSA) is 26.3 Å². The average molecular weight is 331 g/mol. The van der Waals surface area contributed by atoms with Gasteiger partial charge in [0.1, 0.15) is 6.10 Å². The molecule has 1 saturated heterocycles. The molecule has 2 nitrogen and oxygen atoms in total. The fourth-order valence-corrected chi connectivity index (χ4v) is 3.54. The Balaban J connectivity index is 1.76. The molecule has 134 valence electrons. The predicted molar refractivity (Wildman–Crippen MR) is 100.0 cm³/mol. The van der Waals surface area contributed by atoms with Gasteiger partial charge in [-0.3, -0.25) is 4.79 Å². The second kappa shape index (κ2) is 10.5. The highest BCUT2D eigenvalue weighted by Gasteiger charge is 2.30. The number of carbonyl (C=O) groups is 1. The van der Waals surface area contributed by atoms with Crippen molar-refractivity contribution in [1.29, 1.82) is 0 Å². The molecule has 0 aromatic heterocycles. The summed E-state index contributed by atoms with van der Waals surface area (Å²) in [5.41, 5.74) is 2.54. The Bertz CT molecular complexity index is 477. The van der Waals surface area contributed by atoms with Gasteiger partial charge >= 0.3 is 5.97 Å². The maximum Gasteiger partial charge on any atom is 0.309 e. The molecule has 0 amide bonds. The van der Waals surface area contributed by atoms with E-state index in [0.29, 0.717) is 0 Å². The van der Waals surface area contributed by atoms with Gasteiger partial charge in [0.05, 0.1) is 5.92 Å². The molecule has 0 bridgehead atoms. The van der Waals surface area contributed by atoms with E-state index in [2.05, 4.69) is 38.1 Å². The molecule has 1 aromatic rings. The van der Waals surface area contributed by atoms with Crippen LogP contribution in [-0.4, -0.2) is 5.97 Å². The Morgan fingerprint density at radius 1 is 0.917 bits per heavy atom. The number of cyclic esters (lactones) is 1. The van der Waals surface area contributed by atoms with Gasteiger partial charge in [-0.2, -0.15) is 0 Å². The summed E-state index contributed by atoms with van der Waals surface area (Å²) in [6.45, 7) is 4.45. The third-order valence-corrected chi connectivity index (χ3v) is 5.20. The molecule has 2 heteroatoms. The highest BCUT2D eigenvalue weighted by Crippen LogP contribution is 2.33. The van der Waals surface area contributed by atoms with Gasteiger partial charge in [-0.05, 0) is 43.2 Å². The first-order valence-corrected chi connectivity index (χ1v) is 10.0. The standard InChI is InChI=1S/C22H34O2/c1-3-5-7-8-9-11-20-16-17-21(24-22(20)23)19-14-12-18(13-15-19)10-6-4-2/h12-15,20-21H,3-11,16-17H2,1-2H3. The molecule has 1 aromatic carbocycles. The van der Waals surface area contributed by atoms with Gasteiger partial charge in [-0.1, -0.05) is 76.6 Å². The lowest BCUT2D eigenvalue weighted by atomic mass is 9.90. The number of rotatable bonds is 10. The second-order valence-corrected chi connectivity index (χ2v) is 7.25. The summed E-state index contributed by atoms with van der Waals surface area (Å²) in [5.74, 6) is 0.156. The van der Waals surface area contributed by atoms with Gasteiger partial charge in [-0.15, -0.1) is 0 Å². The Labute approximate surface area is 148 Å². The maximum atomic E-state index is 12.3. The van der Waals surface area contributed by atoms with E-state index in [9.17, 15) is 4.79 Å². The second-order valence-electron chi connectivity index (χ2n) is 7.25. The molecule has 1 heterocycles. The van der Waals surface area contributed by atoms with Crippen molar-refractivity contribution in [2.75, 3.05) is 0 Å². The van der Waals surface area contributed by atoms with E-state index in [0.717, 1.165) is 37.7 Å². The minimum absolute atomic E-state index is 0.0248. The zero-order chi connectivity index (χ0) is 17.2. The van der Waals surface area contributed by atoms with Crippen LogP contribution in [0.25, 0.3) is 0 Å². The summed E-state index contributed by atoms with van der Waals surface area (Å²) in [6, 6.07) is 8.68. The van der Waals surface area contributed by atoms with Crippen LogP contribution in [0, 0.1) is 5.92 Å². The van der Waals surface area contributed by atoms with Crippen molar-refractivity contribution in [3.63, 3.8) is 0 Å². The molecule has 0 radical (unpaired) electrons. The van der Waals surface area contributed by atoms with E-state index in [1.165, 1.54) is 44.1 Å². The SMILES string of the molecule is CCCCCCCC1CCC(c2ccc(CCCC)cc2)OC1=O. The molecule has 1 aliphatic rings. The van der Waals surface area contributed by atoms with Gasteiger partial charge in [0.25, 0.3) is 0 Å². The number of benzene rings is 1. The Kier molecular flexibility index (Phi) is 8.35. The summed E-state index contributed by atoms with van der Waals surface area (Å²) in [4.78, 5) is 12.3. The maximum absolute atomic E-state index is 12.3. The van der Waals surface area contributed by atoms with Crippen molar-refractivity contribution in [3.8, 4) is 0 Å². The molecule has 2 rings (SSSR count). The molecule has 0 spiro atoms.